The van der Waals surface area contributed by atoms with Gasteiger partial charge >= 0.3 is 5.84 Å². The van der Waals surface area contributed by atoms with Crippen LogP contribution in [0.3, 0.4) is 0 Å². The first kappa shape index (κ1) is 8.14. The van der Waals surface area contributed by atoms with Crippen molar-refractivity contribution in [2.75, 3.05) is 7.05 Å². The van der Waals surface area contributed by atoms with E-state index in [-0.39, 0.29) is 0 Å². The van der Waals surface area contributed by atoms with Crippen LogP contribution in [-0.2, 0) is 0 Å². The van der Waals surface area contributed by atoms with Gasteiger partial charge in [-0.2, -0.15) is 0 Å². The summed E-state index contributed by atoms with van der Waals surface area (Å²) in [5.74, 6) is 1.50. The first-order valence-electron chi connectivity index (χ1n) is 4.52. The zero-order valence-corrected chi connectivity index (χ0v) is 8.23. The second kappa shape index (κ2) is 2.79. The standard InChI is InChI=1S/C10H14N3/c1-8(2)9-4-7-13-10(11-9)5-6-12(13)3/h4-8H,1-3H3/q+1. The van der Waals surface area contributed by atoms with E-state index in [1.165, 1.54) is 0 Å². The summed E-state index contributed by atoms with van der Waals surface area (Å²) >= 11 is 0. The highest BCUT2D eigenvalue weighted by molar-refractivity contribution is 6.05. The molecule has 0 aromatic heterocycles. The summed E-state index contributed by atoms with van der Waals surface area (Å²) in [4.78, 5) is 0. The quantitative estimate of drug-likeness (QED) is 0.550. The lowest BCUT2D eigenvalue weighted by atomic mass is 10.1. The molecule has 3 nitrogen and oxygen atoms in total. The second-order valence-corrected chi connectivity index (χ2v) is 3.60. The second-order valence-electron chi connectivity index (χ2n) is 3.60. The van der Waals surface area contributed by atoms with Gasteiger partial charge < -0.3 is 0 Å². The Labute approximate surface area is 78.4 Å². The van der Waals surface area contributed by atoms with E-state index in [1.807, 2.05) is 29.3 Å². The van der Waals surface area contributed by atoms with Gasteiger partial charge in [-0.3, -0.25) is 0 Å². The van der Waals surface area contributed by atoms with Crippen molar-refractivity contribution >= 4 is 11.5 Å². The number of rotatable bonds is 1. The van der Waals surface area contributed by atoms with Crippen LogP contribution in [-0.4, -0.2) is 28.6 Å². The van der Waals surface area contributed by atoms with Crippen LogP contribution in [0.5, 0.6) is 0 Å². The third kappa shape index (κ3) is 1.27. The number of fused-ring (bicyclic) bond motifs is 1. The monoisotopic (exact) mass is 176 g/mol. The Kier molecular flexibility index (Phi) is 1.74. The van der Waals surface area contributed by atoms with E-state index in [9.17, 15) is 0 Å². The predicted molar refractivity (Wildman–Crippen MR) is 54.9 cm³/mol. The summed E-state index contributed by atoms with van der Waals surface area (Å²) in [7, 11) is 2.00. The average molecular weight is 176 g/mol. The summed E-state index contributed by atoms with van der Waals surface area (Å²) in [5.41, 5.74) is 1.14. The Hall–Kier alpha value is -1.47. The highest BCUT2D eigenvalue weighted by Gasteiger charge is 2.29. The largest absolute Gasteiger partial charge is 0.399 e. The minimum absolute atomic E-state index is 0.491. The average Bonchev–Trinajstić information content (AvgIpc) is 2.47. The van der Waals surface area contributed by atoms with Crippen molar-refractivity contribution in [1.82, 2.24) is 14.7 Å². The lowest BCUT2D eigenvalue weighted by molar-refractivity contribution is 0.217. The Morgan fingerprint density at radius 3 is 2.69 bits per heavy atom. The smallest absolute Gasteiger partial charge is 0.221 e. The fourth-order valence-electron chi connectivity index (χ4n) is 1.39. The summed E-state index contributed by atoms with van der Waals surface area (Å²) < 4.78 is 4.54. The number of allylic oxidation sites excluding steroid dienone is 1. The van der Waals surface area contributed by atoms with Crippen molar-refractivity contribution < 1.29 is 0 Å². The van der Waals surface area contributed by atoms with E-state index in [0.717, 1.165) is 11.5 Å². The number of hydrogen-bond acceptors (Lipinski definition) is 2. The van der Waals surface area contributed by atoms with Gasteiger partial charge in [0.25, 0.3) is 0 Å². The molecule has 0 aromatic carbocycles. The molecule has 3 heteroatoms. The Morgan fingerprint density at radius 2 is 2.00 bits per heavy atom. The molecule has 0 aromatic rings. The fraction of sp³-hybridized carbons (Fsp3) is 0.400. The Bertz CT molecular complexity index is 343. The molecular formula is C10H14N3+. The van der Waals surface area contributed by atoms with Gasteiger partial charge in [0.1, 0.15) is 6.20 Å². The molecule has 0 radical (unpaired) electrons. The zero-order valence-electron chi connectivity index (χ0n) is 8.23. The number of nitrogens with zero attached hydrogens (tertiary/aromatic N) is 3. The molecule has 0 fully saturated rings. The molecule has 0 bridgehead atoms. The van der Waals surface area contributed by atoms with Crippen molar-refractivity contribution in [2.45, 2.75) is 13.8 Å². The van der Waals surface area contributed by atoms with Crippen LogP contribution in [0.25, 0.3) is 0 Å². The maximum absolute atomic E-state index is 4.54. The molecule has 0 atom stereocenters. The third-order valence-electron chi connectivity index (χ3n) is 2.24. The van der Waals surface area contributed by atoms with Crippen molar-refractivity contribution in [2.24, 2.45) is 5.92 Å². The molecule has 68 valence electrons. The maximum atomic E-state index is 4.54. The van der Waals surface area contributed by atoms with Gasteiger partial charge in [-0.15, -0.1) is 5.01 Å². The number of hydrogen-bond donors (Lipinski definition) is 0. The molecule has 2 aliphatic heterocycles. The summed E-state index contributed by atoms with van der Waals surface area (Å²) in [5, 5.41) is 4.03. The first-order chi connectivity index (χ1) is 6.18. The molecule has 2 rings (SSSR count). The summed E-state index contributed by atoms with van der Waals surface area (Å²) in [6.07, 6.45) is 8.15. The predicted octanol–water partition coefficient (Wildman–Crippen LogP) is 0.752. The van der Waals surface area contributed by atoms with Gasteiger partial charge in [0.2, 0.25) is 5.71 Å². The summed E-state index contributed by atoms with van der Waals surface area (Å²) in [6.45, 7) is 4.31. The molecule has 2 heterocycles. The number of hydrazine groups is 1. The van der Waals surface area contributed by atoms with Crippen LogP contribution in [0.15, 0.2) is 24.6 Å². The Morgan fingerprint density at radius 1 is 1.23 bits per heavy atom. The normalized spacial score (nSPS) is 19.4. The van der Waals surface area contributed by atoms with Gasteiger partial charge in [0.15, 0.2) is 0 Å². The van der Waals surface area contributed by atoms with Gasteiger partial charge in [0, 0.05) is 19.0 Å². The SMILES string of the molecule is CC(C)C1=[N+]=C2C=CN(C)N2C=C1. The lowest BCUT2D eigenvalue weighted by Crippen LogP contribution is -2.35. The van der Waals surface area contributed by atoms with Crippen LogP contribution in [0.2, 0.25) is 0 Å². The first-order valence-corrected chi connectivity index (χ1v) is 4.52. The molecular weight excluding hydrogens is 162 g/mol. The van der Waals surface area contributed by atoms with E-state index < -0.39 is 0 Å². The highest BCUT2D eigenvalue weighted by atomic mass is 15.6. The van der Waals surface area contributed by atoms with Crippen LogP contribution in [0.1, 0.15) is 13.8 Å². The molecule has 0 amide bonds. The molecule has 0 aliphatic carbocycles. The van der Waals surface area contributed by atoms with Crippen LogP contribution >= 0.6 is 0 Å². The minimum atomic E-state index is 0.491. The summed E-state index contributed by atoms with van der Waals surface area (Å²) in [6, 6.07) is 0. The molecule has 0 N–H and O–H groups in total. The van der Waals surface area contributed by atoms with Crippen molar-refractivity contribution in [3.63, 3.8) is 0 Å². The zero-order chi connectivity index (χ0) is 9.42. The van der Waals surface area contributed by atoms with Crippen LogP contribution in [0, 0.1) is 5.92 Å². The van der Waals surface area contributed by atoms with E-state index in [1.54, 1.807) is 0 Å². The lowest BCUT2D eigenvalue weighted by Gasteiger charge is -2.14. The van der Waals surface area contributed by atoms with E-state index in [0.29, 0.717) is 5.92 Å². The van der Waals surface area contributed by atoms with Gasteiger partial charge in [-0.1, -0.05) is 13.8 Å². The van der Waals surface area contributed by atoms with Crippen molar-refractivity contribution in [1.29, 1.82) is 0 Å². The van der Waals surface area contributed by atoms with Crippen molar-refractivity contribution in [3.8, 4) is 0 Å². The van der Waals surface area contributed by atoms with Crippen LogP contribution < -0.4 is 4.67 Å². The van der Waals surface area contributed by atoms with Gasteiger partial charge in [0.05, 0.1) is 12.3 Å². The van der Waals surface area contributed by atoms with E-state index >= 15 is 0 Å². The third-order valence-corrected chi connectivity index (χ3v) is 2.24. The molecule has 13 heavy (non-hydrogen) atoms. The molecule has 0 saturated carbocycles. The van der Waals surface area contributed by atoms with E-state index in [2.05, 4.69) is 30.8 Å². The van der Waals surface area contributed by atoms with Gasteiger partial charge in [-0.05, 0) is 0 Å². The maximum Gasteiger partial charge on any atom is 0.399 e. The number of amidine groups is 1. The highest BCUT2D eigenvalue weighted by Crippen LogP contribution is 2.10. The van der Waals surface area contributed by atoms with E-state index in [4.69, 9.17) is 0 Å². The van der Waals surface area contributed by atoms with Gasteiger partial charge in [-0.25, -0.2) is 9.68 Å². The Balaban J connectivity index is 2.41. The van der Waals surface area contributed by atoms with Crippen molar-refractivity contribution in [3.05, 3.63) is 24.6 Å². The molecule has 2 aliphatic rings. The van der Waals surface area contributed by atoms with Crippen LogP contribution in [0.4, 0.5) is 0 Å². The molecule has 0 spiro atoms. The fourth-order valence-corrected chi connectivity index (χ4v) is 1.39. The molecule has 0 unspecified atom stereocenters. The topological polar surface area (TPSA) is 20.6 Å². The molecule has 0 saturated heterocycles. The minimum Gasteiger partial charge on any atom is -0.221 e.